The number of thiophene rings is 2. The number of nitro groups is 2. The smallest absolute Gasteiger partial charge is 0.270 e. The first-order valence-electron chi connectivity index (χ1n) is 14.6. The molecule has 0 spiro atoms. The van der Waals surface area contributed by atoms with Gasteiger partial charge in [-0.3, -0.25) is 34.7 Å². The molecule has 2 atom stereocenters. The molecule has 6 aromatic rings. The van der Waals surface area contributed by atoms with E-state index in [0.717, 1.165) is 28.2 Å². The fourth-order valence-electron chi connectivity index (χ4n) is 6.19. The van der Waals surface area contributed by atoms with Crippen molar-refractivity contribution in [2.75, 3.05) is 9.80 Å². The molecule has 0 unspecified atom stereocenters. The van der Waals surface area contributed by atoms with Gasteiger partial charge < -0.3 is 4.90 Å². The van der Waals surface area contributed by atoms with Gasteiger partial charge in [0.2, 0.25) is 0 Å². The van der Waals surface area contributed by atoms with Crippen molar-refractivity contribution in [3.63, 3.8) is 0 Å². The predicted octanol–water partition coefficient (Wildman–Crippen LogP) is 10.1. The lowest BCUT2D eigenvalue weighted by atomic mass is 9.89. The average molecular weight is 718 g/mol. The standard InChI is InChI=1S/C34H22Cl2N4O6S2/c1-18-15-26(38(19-7-3-2-4-8-19)34(42)32-30(36)24-14-12-21(40(45)46)17-28(24)48-32)22-9-5-6-10-25(22)37(18)33(41)31-29(35)23-13-11-20(39(43)44)16-27(23)47-31/h2-14,16-18,26H,15H2,1H3/t18-,26+/m1/s1. The fourth-order valence-corrected chi connectivity index (χ4v) is 9.16. The summed E-state index contributed by atoms with van der Waals surface area (Å²) in [5.74, 6) is -0.732. The van der Waals surface area contributed by atoms with Crippen molar-refractivity contribution in [2.24, 2.45) is 0 Å². The molecular formula is C34H22Cl2N4O6S2. The van der Waals surface area contributed by atoms with Crippen LogP contribution in [0.5, 0.6) is 0 Å². The Morgan fingerprint density at radius 1 is 0.792 bits per heavy atom. The summed E-state index contributed by atoms with van der Waals surface area (Å²) < 4.78 is 1.05. The Bertz CT molecular complexity index is 2310. The lowest BCUT2D eigenvalue weighted by Crippen LogP contribution is -2.47. The van der Waals surface area contributed by atoms with Crippen molar-refractivity contribution in [3.8, 4) is 0 Å². The average Bonchev–Trinajstić information content (AvgIpc) is 3.60. The molecule has 240 valence electrons. The van der Waals surface area contributed by atoms with Crippen LogP contribution in [0, 0.1) is 20.2 Å². The largest absolute Gasteiger partial charge is 0.304 e. The van der Waals surface area contributed by atoms with Gasteiger partial charge in [0, 0.05) is 61.9 Å². The van der Waals surface area contributed by atoms with E-state index in [-0.39, 0.29) is 43.0 Å². The molecular weight excluding hydrogens is 695 g/mol. The van der Waals surface area contributed by atoms with Crippen LogP contribution in [0.25, 0.3) is 20.2 Å². The molecule has 7 rings (SSSR count). The summed E-state index contributed by atoms with van der Waals surface area (Å²) in [7, 11) is 0. The minimum atomic E-state index is -0.522. The second kappa shape index (κ2) is 12.3. The number of hydrogen-bond donors (Lipinski definition) is 0. The van der Waals surface area contributed by atoms with E-state index in [9.17, 15) is 29.8 Å². The second-order valence-corrected chi connectivity index (χ2v) is 14.1. The van der Waals surface area contributed by atoms with Crippen molar-refractivity contribution in [1.82, 2.24) is 0 Å². The number of rotatable bonds is 6. The van der Waals surface area contributed by atoms with Crippen molar-refractivity contribution in [3.05, 3.63) is 137 Å². The highest BCUT2D eigenvalue weighted by Gasteiger charge is 2.41. The Labute approximate surface area is 290 Å². The van der Waals surface area contributed by atoms with Crippen molar-refractivity contribution >= 4 is 101 Å². The van der Waals surface area contributed by atoms with Gasteiger partial charge in [-0.1, -0.05) is 59.6 Å². The third-order valence-corrected chi connectivity index (χ3v) is 11.7. The van der Waals surface area contributed by atoms with E-state index in [0.29, 0.717) is 38.0 Å². The highest BCUT2D eigenvalue weighted by molar-refractivity contribution is 7.22. The Hall–Kier alpha value is -4.88. The number of nitrogens with zero attached hydrogens (tertiary/aromatic N) is 4. The van der Waals surface area contributed by atoms with Crippen LogP contribution in [0.2, 0.25) is 10.0 Å². The van der Waals surface area contributed by atoms with E-state index in [2.05, 4.69) is 0 Å². The molecule has 0 fully saturated rings. The van der Waals surface area contributed by atoms with Gasteiger partial charge >= 0.3 is 0 Å². The number of amides is 2. The molecule has 0 N–H and O–H groups in total. The number of benzene rings is 4. The Morgan fingerprint density at radius 2 is 1.33 bits per heavy atom. The third-order valence-electron chi connectivity index (χ3n) is 8.38. The Kier molecular flexibility index (Phi) is 8.12. The van der Waals surface area contributed by atoms with Gasteiger partial charge in [-0.15, -0.1) is 22.7 Å². The molecule has 2 amide bonds. The molecule has 4 aromatic carbocycles. The number of non-ortho nitro benzene ring substituents is 2. The van der Waals surface area contributed by atoms with Crippen LogP contribution >= 0.6 is 45.9 Å². The van der Waals surface area contributed by atoms with Crippen LogP contribution in [0.3, 0.4) is 0 Å². The first-order chi connectivity index (χ1) is 23.0. The summed E-state index contributed by atoms with van der Waals surface area (Å²) in [6, 6.07) is 24.2. The SMILES string of the molecule is C[C@@H]1C[C@H](N(C(=O)c2sc3cc([N+](=O)[O-])ccc3c2Cl)c2ccccc2)c2ccccc2N1C(=O)c1sc2cc([N+](=O)[O-])ccc2c1Cl. The molecule has 2 aromatic heterocycles. The Balaban J connectivity index is 1.32. The van der Waals surface area contributed by atoms with Crippen LogP contribution in [0.15, 0.2) is 91.0 Å². The Morgan fingerprint density at radius 3 is 1.94 bits per heavy atom. The normalized spacial score (nSPS) is 15.8. The van der Waals surface area contributed by atoms with Crippen LogP contribution in [-0.2, 0) is 0 Å². The number of carbonyl (C=O) groups excluding carboxylic acids is 2. The van der Waals surface area contributed by atoms with Crippen LogP contribution < -0.4 is 9.80 Å². The summed E-state index contributed by atoms with van der Waals surface area (Å²) >= 11 is 15.7. The minimum Gasteiger partial charge on any atom is -0.304 e. The zero-order valence-corrected chi connectivity index (χ0v) is 28.0. The fraction of sp³-hybridized carbons (Fsp3) is 0.118. The van der Waals surface area contributed by atoms with Crippen LogP contribution in [0.4, 0.5) is 22.7 Å². The first-order valence-corrected chi connectivity index (χ1v) is 17.0. The van der Waals surface area contributed by atoms with Gasteiger partial charge in [-0.2, -0.15) is 0 Å². The summed E-state index contributed by atoms with van der Waals surface area (Å²) in [4.78, 5) is 54.5. The predicted molar refractivity (Wildman–Crippen MR) is 190 cm³/mol. The lowest BCUT2D eigenvalue weighted by molar-refractivity contribution is -0.384. The van der Waals surface area contributed by atoms with Crippen LogP contribution in [-0.4, -0.2) is 27.7 Å². The number of para-hydroxylation sites is 2. The molecule has 3 heterocycles. The highest BCUT2D eigenvalue weighted by Crippen LogP contribution is 2.47. The number of halogens is 2. The van der Waals surface area contributed by atoms with Crippen molar-refractivity contribution < 1.29 is 19.4 Å². The van der Waals surface area contributed by atoms with Crippen LogP contribution in [0.1, 0.15) is 44.3 Å². The minimum absolute atomic E-state index is 0.0958. The molecule has 0 radical (unpaired) electrons. The number of hydrogen-bond acceptors (Lipinski definition) is 8. The molecule has 1 aliphatic rings. The lowest BCUT2D eigenvalue weighted by Gasteiger charge is -2.43. The van der Waals surface area contributed by atoms with E-state index in [4.69, 9.17) is 23.2 Å². The second-order valence-electron chi connectivity index (χ2n) is 11.2. The van der Waals surface area contributed by atoms with E-state index >= 15 is 0 Å². The van der Waals surface area contributed by atoms with Gasteiger partial charge in [0.25, 0.3) is 23.2 Å². The number of anilines is 2. The molecule has 0 saturated heterocycles. The molecule has 0 aliphatic carbocycles. The molecule has 10 nitrogen and oxygen atoms in total. The zero-order chi connectivity index (χ0) is 33.9. The quantitative estimate of drug-likeness (QED) is 0.125. The first kappa shape index (κ1) is 31.7. The topological polar surface area (TPSA) is 127 Å². The monoisotopic (exact) mass is 716 g/mol. The number of fused-ring (bicyclic) bond motifs is 3. The molecule has 48 heavy (non-hydrogen) atoms. The van der Waals surface area contributed by atoms with E-state index < -0.39 is 21.9 Å². The zero-order valence-electron chi connectivity index (χ0n) is 24.8. The summed E-state index contributed by atoms with van der Waals surface area (Å²) in [5, 5.41) is 24.3. The highest BCUT2D eigenvalue weighted by atomic mass is 35.5. The molecule has 0 saturated carbocycles. The van der Waals surface area contributed by atoms with Crippen molar-refractivity contribution in [2.45, 2.75) is 25.4 Å². The van der Waals surface area contributed by atoms with Crippen molar-refractivity contribution in [1.29, 1.82) is 0 Å². The summed E-state index contributed by atoms with van der Waals surface area (Å²) in [6.07, 6.45) is 0.353. The number of carbonyl (C=O) groups is 2. The van der Waals surface area contributed by atoms with Gasteiger partial charge in [0.1, 0.15) is 9.75 Å². The maximum atomic E-state index is 14.6. The van der Waals surface area contributed by atoms with E-state index in [1.54, 1.807) is 21.9 Å². The summed E-state index contributed by atoms with van der Waals surface area (Å²) in [6.45, 7) is 1.89. The number of nitro benzene ring substituents is 2. The molecule has 14 heteroatoms. The van der Waals surface area contributed by atoms with E-state index in [1.165, 1.54) is 24.3 Å². The molecule has 1 aliphatic heterocycles. The van der Waals surface area contributed by atoms with Gasteiger partial charge in [0.15, 0.2) is 0 Å². The maximum Gasteiger partial charge on any atom is 0.270 e. The van der Waals surface area contributed by atoms with Gasteiger partial charge in [-0.05, 0) is 49.2 Å². The molecule has 0 bridgehead atoms. The van der Waals surface area contributed by atoms with Gasteiger partial charge in [-0.25, -0.2) is 0 Å². The third kappa shape index (κ3) is 5.27. The summed E-state index contributed by atoms with van der Waals surface area (Å²) in [5.41, 5.74) is 1.74. The van der Waals surface area contributed by atoms with Gasteiger partial charge in [0.05, 0.1) is 25.9 Å². The maximum absolute atomic E-state index is 14.6. The van der Waals surface area contributed by atoms with E-state index in [1.807, 2.05) is 61.5 Å².